The lowest BCUT2D eigenvalue weighted by atomic mass is 9.95. The van der Waals surface area contributed by atoms with E-state index >= 15 is 0 Å². The second kappa shape index (κ2) is 12.4. The van der Waals surface area contributed by atoms with Crippen LogP contribution in [0.2, 0.25) is 0 Å². The number of carbonyl (C=O) groups is 3. The van der Waals surface area contributed by atoms with E-state index in [2.05, 4.69) is 16.0 Å². The number of nitrogens with one attached hydrogen (secondary N) is 3. The Hall–Kier alpha value is -5.06. The number of anilines is 2. The molecule has 4 rings (SSSR count). The smallest absolute Gasteiger partial charge is 0.248 e. The van der Waals surface area contributed by atoms with Crippen LogP contribution < -0.4 is 41.3 Å². The summed E-state index contributed by atoms with van der Waals surface area (Å²) in [7, 11) is 4.59. The minimum Gasteiger partial charge on any atom is -0.493 e. The van der Waals surface area contributed by atoms with Gasteiger partial charge in [-0.2, -0.15) is 0 Å². The number of ether oxygens (including phenoxy) is 3. The summed E-state index contributed by atoms with van der Waals surface area (Å²) >= 11 is 0. The maximum absolute atomic E-state index is 13.4. The van der Waals surface area contributed by atoms with Gasteiger partial charge in [0.15, 0.2) is 11.5 Å². The fourth-order valence-electron chi connectivity index (χ4n) is 4.95. The summed E-state index contributed by atoms with van der Waals surface area (Å²) in [4.78, 5) is 49.3. The van der Waals surface area contributed by atoms with Crippen molar-refractivity contribution in [2.75, 3.05) is 38.5 Å². The molecule has 1 aliphatic carbocycles. The fourth-order valence-corrected chi connectivity index (χ4v) is 4.95. The lowest BCUT2D eigenvalue weighted by Gasteiger charge is -2.19. The Kier molecular flexibility index (Phi) is 8.76. The molecule has 0 saturated heterocycles. The molecule has 0 spiro atoms. The second-order valence-corrected chi connectivity index (χ2v) is 9.44. The second-order valence-electron chi connectivity index (χ2n) is 9.44. The van der Waals surface area contributed by atoms with Crippen LogP contribution in [-0.2, 0) is 16.0 Å². The standard InChI is InChI=1S/C30H32N4O7/c1-16(35)33-22-11-7-18-13-25(39-2)28(40-3)29(41-4)27(18)20-10-12-23(24(36)14-21(20)22)32-15-26(37)34-19-8-5-17(6-9-19)30(31)38/h5-6,8-10,12-14,22H,7,11,15H2,1-4H3,(H2,31,38)(H,32,36)(H,33,35)(H,34,37)/t22-/m0/s1. The van der Waals surface area contributed by atoms with Crippen molar-refractivity contribution in [2.24, 2.45) is 5.73 Å². The molecule has 0 aliphatic heterocycles. The van der Waals surface area contributed by atoms with Gasteiger partial charge in [0, 0.05) is 23.7 Å². The molecule has 0 radical (unpaired) electrons. The summed E-state index contributed by atoms with van der Waals surface area (Å²) in [5.74, 6) is 0.162. The average Bonchev–Trinajstić information content (AvgIpc) is 3.19. The van der Waals surface area contributed by atoms with E-state index in [0.29, 0.717) is 52.5 Å². The number of fused-ring (bicyclic) bond motifs is 3. The molecule has 5 N–H and O–H groups in total. The number of hydrogen-bond acceptors (Lipinski definition) is 8. The predicted octanol–water partition coefficient (Wildman–Crippen LogP) is 3.01. The van der Waals surface area contributed by atoms with Gasteiger partial charge in [-0.25, -0.2) is 0 Å². The number of benzene rings is 2. The van der Waals surface area contributed by atoms with Crippen LogP contribution in [0, 0.1) is 0 Å². The molecule has 0 saturated carbocycles. The molecule has 3 aromatic carbocycles. The number of hydrogen-bond donors (Lipinski definition) is 4. The normalized spacial score (nSPS) is 13.5. The van der Waals surface area contributed by atoms with E-state index in [9.17, 15) is 19.2 Å². The van der Waals surface area contributed by atoms with Gasteiger partial charge in [0.05, 0.1) is 39.6 Å². The number of carbonyl (C=O) groups excluding carboxylic acids is 3. The zero-order valence-corrected chi connectivity index (χ0v) is 23.3. The van der Waals surface area contributed by atoms with E-state index in [1.807, 2.05) is 6.07 Å². The number of methoxy groups -OCH3 is 3. The lowest BCUT2D eigenvalue weighted by Crippen LogP contribution is -2.27. The minimum absolute atomic E-state index is 0.193. The molecule has 41 heavy (non-hydrogen) atoms. The number of rotatable bonds is 9. The molecule has 1 atom stereocenters. The summed E-state index contributed by atoms with van der Waals surface area (Å²) < 4.78 is 16.9. The minimum atomic E-state index is -0.568. The van der Waals surface area contributed by atoms with Crippen LogP contribution in [-0.4, -0.2) is 45.6 Å². The number of nitrogens with two attached hydrogens (primary N) is 1. The Balaban J connectivity index is 1.72. The first-order valence-electron chi connectivity index (χ1n) is 12.9. The fraction of sp³-hybridized carbons (Fsp3) is 0.267. The highest BCUT2D eigenvalue weighted by Crippen LogP contribution is 2.50. The molecule has 0 fully saturated rings. The topological polar surface area (TPSA) is 158 Å². The van der Waals surface area contributed by atoms with E-state index in [1.54, 1.807) is 31.4 Å². The van der Waals surface area contributed by atoms with Crippen LogP contribution in [0.3, 0.4) is 0 Å². The maximum atomic E-state index is 13.4. The van der Waals surface area contributed by atoms with Gasteiger partial charge in [0.25, 0.3) is 0 Å². The van der Waals surface area contributed by atoms with Gasteiger partial charge in [0.1, 0.15) is 0 Å². The van der Waals surface area contributed by atoms with Crippen LogP contribution in [0.25, 0.3) is 11.1 Å². The molecular formula is C30H32N4O7. The lowest BCUT2D eigenvalue weighted by molar-refractivity contribution is -0.119. The zero-order valence-electron chi connectivity index (χ0n) is 23.3. The Morgan fingerprint density at radius 3 is 2.27 bits per heavy atom. The number of amides is 3. The van der Waals surface area contributed by atoms with Gasteiger partial charge < -0.3 is 35.9 Å². The van der Waals surface area contributed by atoms with E-state index in [-0.39, 0.29) is 23.6 Å². The van der Waals surface area contributed by atoms with Crippen molar-refractivity contribution in [1.29, 1.82) is 0 Å². The van der Waals surface area contributed by atoms with Crippen molar-refractivity contribution in [3.8, 4) is 28.4 Å². The molecule has 1 aliphatic rings. The molecular weight excluding hydrogens is 528 g/mol. The van der Waals surface area contributed by atoms with Gasteiger partial charge in [-0.1, -0.05) is 6.07 Å². The van der Waals surface area contributed by atoms with Crippen molar-refractivity contribution in [1.82, 2.24) is 5.32 Å². The molecule has 214 valence electrons. The molecule has 11 nitrogen and oxygen atoms in total. The average molecular weight is 561 g/mol. The largest absolute Gasteiger partial charge is 0.493 e. The Morgan fingerprint density at radius 2 is 1.66 bits per heavy atom. The summed E-state index contributed by atoms with van der Waals surface area (Å²) in [6.45, 7) is 1.24. The molecule has 0 aromatic heterocycles. The quantitative estimate of drug-likeness (QED) is 0.311. The van der Waals surface area contributed by atoms with Crippen molar-refractivity contribution in [2.45, 2.75) is 25.8 Å². The van der Waals surface area contributed by atoms with Gasteiger partial charge in [-0.3, -0.25) is 19.2 Å². The molecule has 0 heterocycles. The maximum Gasteiger partial charge on any atom is 0.248 e. The SMILES string of the molecule is COc1cc2c(c(OC)c1OC)-c1ccc(NCC(=O)Nc3ccc(C(N)=O)cc3)c(=O)cc1[C@@H](NC(C)=O)CC2. The Labute approximate surface area is 237 Å². The first kappa shape index (κ1) is 28.9. The first-order valence-corrected chi connectivity index (χ1v) is 12.9. The summed E-state index contributed by atoms with van der Waals surface area (Å²) in [6, 6.07) is 12.4. The third-order valence-corrected chi connectivity index (χ3v) is 6.81. The molecule has 0 unspecified atom stereocenters. The highest BCUT2D eigenvalue weighted by atomic mass is 16.5. The highest BCUT2D eigenvalue weighted by Gasteiger charge is 2.29. The molecule has 3 aromatic rings. The third-order valence-electron chi connectivity index (χ3n) is 6.81. The van der Waals surface area contributed by atoms with E-state index in [0.717, 1.165) is 11.1 Å². The number of primary amides is 1. The van der Waals surface area contributed by atoms with Crippen molar-refractivity contribution >= 4 is 29.1 Å². The van der Waals surface area contributed by atoms with Gasteiger partial charge >= 0.3 is 0 Å². The predicted molar refractivity (Wildman–Crippen MR) is 155 cm³/mol. The van der Waals surface area contributed by atoms with Crippen molar-refractivity contribution in [3.63, 3.8) is 0 Å². The first-order chi connectivity index (χ1) is 19.7. The van der Waals surface area contributed by atoms with Crippen molar-refractivity contribution in [3.05, 3.63) is 75.4 Å². The Bertz CT molecular complexity index is 1550. The van der Waals surface area contributed by atoms with Gasteiger partial charge in [0.2, 0.25) is 28.9 Å². The van der Waals surface area contributed by atoms with E-state index in [1.165, 1.54) is 39.3 Å². The molecule has 11 heteroatoms. The third kappa shape index (κ3) is 6.24. The molecule has 0 bridgehead atoms. The van der Waals surface area contributed by atoms with Crippen LogP contribution in [0.5, 0.6) is 17.2 Å². The van der Waals surface area contributed by atoms with Gasteiger partial charge in [-0.15, -0.1) is 0 Å². The van der Waals surface area contributed by atoms with Crippen LogP contribution in [0.15, 0.2) is 53.3 Å². The van der Waals surface area contributed by atoms with E-state index in [4.69, 9.17) is 19.9 Å². The Morgan fingerprint density at radius 1 is 0.951 bits per heavy atom. The number of aryl methyl sites for hydroxylation is 1. The monoisotopic (exact) mass is 560 g/mol. The van der Waals surface area contributed by atoms with Crippen LogP contribution in [0.1, 0.15) is 40.9 Å². The molecule has 3 amide bonds. The van der Waals surface area contributed by atoms with Crippen LogP contribution >= 0.6 is 0 Å². The van der Waals surface area contributed by atoms with E-state index < -0.39 is 17.9 Å². The van der Waals surface area contributed by atoms with Crippen LogP contribution in [0.4, 0.5) is 11.4 Å². The van der Waals surface area contributed by atoms with Gasteiger partial charge in [-0.05, 0) is 72.0 Å². The zero-order chi connectivity index (χ0) is 29.7. The summed E-state index contributed by atoms with van der Waals surface area (Å²) in [6.07, 6.45) is 1.11. The van der Waals surface area contributed by atoms with Crippen molar-refractivity contribution < 1.29 is 28.6 Å². The highest BCUT2D eigenvalue weighted by molar-refractivity contribution is 5.96. The summed E-state index contributed by atoms with van der Waals surface area (Å²) in [5, 5.41) is 8.57. The summed E-state index contributed by atoms with van der Waals surface area (Å²) in [5.41, 5.74) is 8.81.